The van der Waals surface area contributed by atoms with Gasteiger partial charge in [0.1, 0.15) is 10.8 Å². The molecule has 1 aliphatic carbocycles. The van der Waals surface area contributed by atoms with Crippen molar-refractivity contribution < 1.29 is 23.9 Å². The molecule has 1 saturated carbocycles. The molecule has 2 fully saturated rings. The van der Waals surface area contributed by atoms with Crippen LogP contribution in [0.3, 0.4) is 0 Å². The van der Waals surface area contributed by atoms with Crippen LogP contribution < -0.4 is 31.9 Å². The molecule has 0 bridgehead atoms. The number of aromatic nitrogens is 3. The van der Waals surface area contributed by atoms with Gasteiger partial charge in [-0.3, -0.25) is 14.2 Å². The molecular formula is C36H57N10O5PS. The summed E-state index contributed by atoms with van der Waals surface area (Å²) in [6.07, 6.45) is 10.1. The standard InChI is InChI=1S/C36H57N10O5PS/c47-32(12-6-13-33(48)40-19-23-52(49,50)51)39-18-22-46-20-14-28(15-21-46)43-35-30-10-4-5-11-31(30)44-36(45-35)41-25-34-42-29(26-53-34)24-37-16-7-17-38-27-8-2-1-3-9-27/h4-5,10-11,26-28,37-38H,1-3,6-9,12-25H2,(H,39,47)(H,40,48)(H2,49,50,51)(H2,41,43,44,45). The van der Waals surface area contributed by atoms with Gasteiger partial charge in [-0.1, -0.05) is 31.4 Å². The van der Waals surface area contributed by atoms with Gasteiger partial charge in [0.15, 0.2) is 0 Å². The molecule has 3 aromatic rings. The summed E-state index contributed by atoms with van der Waals surface area (Å²) in [5.41, 5.74) is 1.93. The number of nitrogens with zero attached hydrogens (tertiary/aromatic N) is 4. The number of amides is 2. The number of nitrogens with one attached hydrogen (secondary N) is 6. The summed E-state index contributed by atoms with van der Waals surface area (Å²) in [6.45, 7) is 6.36. The fraction of sp³-hybridized carbons (Fsp3) is 0.639. The van der Waals surface area contributed by atoms with Crippen molar-refractivity contribution in [2.24, 2.45) is 0 Å². The molecule has 15 nitrogen and oxygen atoms in total. The van der Waals surface area contributed by atoms with Crippen LogP contribution in [0.2, 0.25) is 0 Å². The second kappa shape index (κ2) is 21.6. The summed E-state index contributed by atoms with van der Waals surface area (Å²) in [5, 5.41) is 23.8. The Morgan fingerprint density at radius 2 is 1.60 bits per heavy atom. The van der Waals surface area contributed by atoms with Crippen LogP contribution >= 0.6 is 18.9 Å². The van der Waals surface area contributed by atoms with Gasteiger partial charge in [0.05, 0.1) is 23.9 Å². The molecule has 17 heteroatoms. The SMILES string of the molecule is O=C(CCCC(=O)NCCP(=O)(O)O)NCCN1CCC(Nc2nc(NCc3nc(CNCCCNC4CCCCC4)cs3)nc3ccccc23)CC1. The quantitative estimate of drug-likeness (QED) is 0.0544. The first kappa shape index (κ1) is 40.9. The van der Waals surface area contributed by atoms with Gasteiger partial charge in [0, 0.05) is 75.0 Å². The Hall–Kier alpha value is -3.24. The lowest BCUT2D eigenvalue weighted by Gasteiger charge is -2.32. The molecule has 292 valence electrons. The number of hydrogen-bond acceptors (Lipinski definition) is 12. The third-order valence-corrected chi connectivity index (χ3v) is 11.4. The largest absolute Gasteiger partial charge is 0.367 e. The van der Waals surface area contributed by atoms with Crippen LogP contribution in [0.5, 0.6) is 0 Å². The molecular weight excluding hydrogens is 716 g/mol. The molecule has 2 amide bonds. The molecule has 5 rings (SSSR count). The summed E-state index contributed by atoms with van der Waals surface area (Å²) in [5.74, 6) is 0.961. The second-order valence-electron chi connectivity index (χ2n) is 14.0. The van der Waals surface area contributed by atoms with E-state index in [9.17, 15) is 14.2 Å². The number of anilines is 2. The highest BCUT2D eigenvalue weighted by Gasteiger charge is 2.21. The van der Waals surface area contributed by atoms with Crippen molar-refractivity contribution in [3.8, 4) is 0 Å². The molecule has 0 atom stereocenters. The zero-order chi connectivity index (χ0) is 37.3. The van der Waals surface area contributed by atoms with Gasteiger partial charge in [-0.25, -0.2) is 9.97 Å². The number of likely N-dealkylation sites (tertiary alicyclic amines) is 1. The van der Waals surface area contributed by atoms with Crippen molar-refractivity contribution in [2.75, 3.05) is 62.6 Å². The average molecular weight is 773 g/mol. The van der Waals surface area contributed by atoms with Gasteiger partial charge >= 0.3 is 7.60 Å². The Labute approximate surface area is 316 Å². The average Bonchev–Trinajstić information content (AvgIpc) is 3.60. The van der Waals surface area contributed by atoms with Gasteiger partial charge in [-0.2, -0.15) is 4.98 Å². The van der Waals surface area contributed by atoms with Gasteiger partial charge in [-0.15, -0.1) is 11.3 Å². The minimum atomic E-state index is -4.13. The van der Waals surface area contributed by atoms with E-state index in [2.05, 4.69) is 42.2 Å². The smallest absolute Gasteiger partial charge is 0.327 e. The number of thiazole rings is 1. The van der Waals surface area contributed by atoms with Crippen LogP contribution in [0.1, 0.15) is 81.3 Å². The molecule has 53 heavy (non-hydrogen) atoms. The monoisotopic (exact) mass is 772 g/mol. The van der Waals surface area contributed by atoms with Crippen molar-refractivity contribution in [2.45, 2.75) is 95.8 Å². The zero-order valence-electron chi connectivity index (χ0n) is 30.7. The fourth-order valence-corrected chi connectivity index (χ4v) is 7.89. The lowest BCUT2D eigenvalue weighted by atomic mass is 9.95. The lowest BCUT2D eigenvalue weighted by molar-refractivity contribution is -0.122. The summed E-state index contributed by atoms with van der Waals surface area (Å²) in [6, 6.07) is 9.02. The maximum absolute atomic E-state index is 12.2. The van der Waals surface area contributed by atoms with Crippen molar-refractivity contribution in [1.29, 1.82) is 0 Å². The van der Waals surface area contributed by atoms with Crippen LogP contribution in [0.25, 0.3) is 10.9 Å². The van der Waals surface area contributed by atoms with Crippen LogP contribution in [0.4, 0.5) is 11.8 Å². The highest BCUT2D eigenvalue weighted by Crippen LogP contribution is 2.32. The maximum Gasteiger partial charge on any atom is 0.327 e. The highest BCUT2D eigenvalue weighted by molar-refractivity contribution is 7.51. The lowest BCUT2D eigenvalue weighted by Crippen LogP contribution is -2.42. The van der Waals surface area contributed by atoms with Gasteiger partial charge in [0.25, 0.3) is 0 Å². The molecule has 2 aliphatic rings. The van der Waals surface area contributed by atoms with Crippen LogP contribution in [-0.4, -0.2) is 106 Å². The van der Waals surface area contributed by atoms with Crippen molar-refractivity contribution in [1.82, 2.24) is 41.1 Å². The number of piperidine rings is 1. The van der Waals surface area contributed by atoms with E-state index in [1.165, 1.54) is 32.1 Å². The maximum atomic E-state index is 12.2. The van der Waals surface area contributed by atoms with Gasteiger partial charge in [-0.05, 0) is 63.7 Å². The van der Waals surface area contributed by atoms with E-state index in [0.717, 1.165) is 86.0 Å². The van der Waals surface area contributed by atoms with E-state index in [1.54, 1.807) is 11.3 Å². The number of carbonyl (C=O) groups excluding carboxylic acids is 2. The Morgan fingerprint density at radius 1 is 0.849 bits per heavy atom. The number of benzene rings is 1. The summed E-state index contributed by atoms with van der Waals surface area (Å²) in [7, 11) is -4.13. The molecule has 1 aromatic carbocycles. The van der Waals surface area contributed by atoms with E-state index in [1.807, 2.05) is 24.3 Å². The van der Waals surface area contributed by atoms with Crippen LogP contribution in [-0.2, 0) is 27.2 Å². The highest BCUT2D eigenvalue weighted by atomic mass is 32.1. The van der Waals surface area contributed by atoms with E-state index < -0.39 is 13.8 Å². The molecule has 8 N–H and O–H groups in total. The Morgan fingerprint density at radius 3 is 2.38 bits per heavy atom. The molecule has 0 radical (unpaired) electrons. The van der Waals surface area contributed by atoms with E-state index in [-0.39, 0.29) is 37.2 Å². The number of para-hydroxylation sites is 1. The number of fused-ring (bicyclic) bond motifs is 1. The molecule has 0 unspecified atom stereocenters. The fourth-order valence-electron chi connectivity index (χ4n) is 6.75. The topological polar surface area (TPSA) is 206 Å². The molecule has 3 heterocycles. The molecule has 1 saturated heterocycles. The normalized spacial score (nSPS) is 16.1. The van der Waals surface area contributed by atoms with E-state index in [0.29, 0.717) is 31.5 Å². The molecule has 2 aromatic heterocycles. The Bertz CT molecular complexity index is 1630. The predicted octanol–water partition coefficient (Wildman–Crippen LogP) is 3.56. The first-order valence-electron chi connectivity index (χ1n) is 19.1. The van der Waals surface area contributed by atoms with Crippen LogP contribution in [0, 0.1) is 0 Å². The summed E-state index contributed by atoms with van der Waals surface area (Å²) >= 11 is 1.65. The van der Waals surface area contributed by atoms with E-state index in [4.69, 9.17) is 24.7 Å². The Balaban J connectivity index is 0.978. The summed E-state index contributed by atoms with van der Waals surface area (Å²) < 4.78 is 10.9. The third kappa shape index (κ3) is 15.2. The first-order chi connectivity index (χ1) is 25.7. The first-order valence-corrected chi connectivity index (χ1v) is 21.8. The van der Waals surface area contributed by atoms with Crippen molar-refractivity contribution in [3.63, 3.8) is 0 Å². The number of carbonyl (C=O) groups is 2. The second-order valence-corrected chi connectivity index (χ2v) is 16.7. The summed E-state index contributed by atoms with van der Waals surface area (Å²) in [4.78, 5) is 58.6. The minimum absolute atomic E-state index is 0.0820. The van der Waals surface area contributed by atoms with Gasteiger partial charge in [0.2, 0.25) is 17.8 Å². The minimum Gasteiger partial charge on any atom is -0.367 e. The molecule has 0 spiro atoms. The number of hydrogen-bond donors (Lipinski definition) is 8. The van der Waals surface area contributed by atoms with Gasteiger partial charge < -0.3 is 46.6 Å². The van der Waals surface area contributed by atoms with Crippen molar-refractivity contribution in [3.05, 3.63) is 40.3 Å². The van der Waals surface area contributed by atoms with Crippen LogP contribution in [0.15, 0.2) is 29.6 Å². The van der Waals surface area contributed by atoms with Crippen molar-refractivity contribution >= 4 is 53.4 Å². The molecule has 1 aliphatic heterocycles. The zero-order valence-corrected chi connectivity index (χ0v) is 32.4. The Kier molecular flexibility index (Phi) is 16.7. The predicted molar refractivity (Wildman–Crippen MR) is 210 cm³/mol. The third-order valence-electron chi connectivity index (χ3n) is 9.69. The number of rotatable bonds is 22. The van der Waals surface area contributed by atoms with E-state index >= 15 is 0 Å².